The van der Waals surface area contributed by atoms with E-state index in [0.717, 1.165) is 6.42 Å². The molecule has 0 N–H and O–H groups in total. The minimum atomic E-state index is -1.23. The van der Waals surface area contributed by atoms with Gasteiger partial charge < -0.3 is 0 Å². The second kappa shape index (κ2) is 18.3. The summed E-state index contributed by atoms with van der Waals surface area (Å²) in [6.45, 7) is 3.91. The van der Waals surface area contributed by atoms with E-state index in [0.29, 0.717) is 0 Å². The van der Waals surface area contributed by atoms with Crippen molar-refractivity contribution in [3.8, 4) is 0 Å². The second-order valence-electron chi connectivity index (χ2n) is 9.17. The van der Waals surface area contributed by atoms with E-state index in [1.807, 2.05) is 0 Å². The first-order valence-electron chi connectivity index (χ1n) is 11.4. The molecule has 0 fully saturated rings. The molecule has 0 spiro atoms. The molecule has 24 heavy (non-hydrogen) atoms. The van der Waals surface area contributed by atoms with Crippen molar-refractivity contribution in [1.29, 1.82) is 0 Å². The maximum atomic E-state index is 3.91. The Labute approximate surface area is 158 Å². The molecule has 0 rings (SSSR count). The van der Waals surface area contributed by atoms with Crippen LogP contribution in [-0.4, -0.2) is 13.3 Å². The van der Waals surface area contributed by atoms with Crippen LogP contribution in [0.1, 0.15) is 116 Å². The van der Waals surface area contributed by atoms with Gasteiger partial charge in [-0.1, -0.05) is 51.9 Å². The molecule has 1 heteroatoms. The van der Waals surface area contributed by atoms with Crippen LogP contribution in [0, 0.1) is 6.92 Å². The van der Waals surface area contributed by atoms with Gasteiger partial charge in [0.05, 0.1) is 0 Å². The summed E-state index contributed by atoms with van der Waals surface area (Å²) in [6, 6.07) is 0. The molecular formula is C23H49Ge. The molecule has 0 amide bonds. The van der Waals surface area contributed by atoms with Gasteiger partial charge in [-0.25, -0.2) is 0 Å². The third-order valence-corrected chi connectivity index (χ3v) is 9.07. The van der Waals surface area contributed by atoms with Gasteiger partial charge in [-0.2, -0.15) is 0 Å². The van der Waals surface area contributed by atoms with Crippen LogP contribution < -0.4 is 0 Å². The molecule has 0 heterocycles. The van der Waals surface area contributed by atoms with E-state index in [2.05, 4.69) is 24.2 Å². The molecule has 0 saturated heterocycles. The summed E-state index contributed by atoms with van der Waals surface area (Å²) in [5.74, 6) is 7.64. The van der Waals surface area contributed by atoms with E-state index in [9.17, 15) is 0 Å². The number of hydrogen-bond donors (Lipinski definition) is 0. The molecule has 0 unspecified atom stereocenters. The van der Waals surface area contributed by atoms with Crippen molar-refractivity contribution in [3.63, 3.8) is 0 Å². The van der Waals surface area contributed by atoms with Crippen LogP contribution >= 0.6 is 0 Å². The molecule has 0 bridgehead atoms. The summed E-state index contributed by atoms with van der Waals surface area (Å²) >= 11 is -1.23. The fraction of sp³-hybridized carbons (Fsp3) is 0.957. The summed E-state index contributed by atoms with van der Waals surface area (Å²) in [5, 5.41) is 1.58. The number of hydrogen-bond acceptors (Lipinski definition) is 0. The summed E-state index contributed by atoms with van der Waals surface area (Å²) in [5.41, 5.74) is 0. The first-order valence-corrected chi connectivity index (χ1v) is 19.1. The number of rotatable bonds is 19. The van der Waals surface area contributed by atoms with Crippen LogP contribution in [0.2, 0.25) is 22.5 Å². The molecular weight excluding hydrogens is 349 g/mol. The Morgan fingerprint density at radius 2 is 0.667 bits per heavy atom. The van der Waals surface area contributed by atoms with Crippen LogP contribution in [0.25, 0.3) is 0 Å². The van der Waals surface area contributed by atoms with Gasteiger partial charge >= 0.3 is 106 Å². The van der Waals surface area contributed by atoms with E-state index in [-0.39, 0.29) is 0 Å². The van der Waals surface area contributed by atoms with Crippen LogP contribution in [0.5, 0.6) is 0 Å². The van der Waals surface area contributed by atoms with Crippen LogP contribution in [0.4, 0.5) is 0 Å². The molecule has 0 atom stereocenters. The normalized spacial score (nSPS) is 12.0. The van der Waals surface area contributed by atoms with Crippen molar-refractivity contribution in [3.05, 3.63) is 6.92 Å². The van der Waals surface area contributed by atoms with Gasteiger partial charge in [0.15, 0.2) is 0 Å². The fourth-order valence-electron chi connectivity index (χ4n) is 3.48. The van der Waals surface area contributed by atoms with Crippen molar-refractivity contribution in [2.24, 2.45) is 0 Å². The zero-order chi connectivity index (χ0) is 17.9. The first-order chi connectivity index (χ1) is 11.6. The molecule has 0 aromatic heterocycles. The van der Waals surface area contributed by atoms with Crippen molar-refractivity contribution >= 4 is 13.3 Å². The Bertz CT molecular complexity index is 229. The second-order valence-corrected chi connectivity index (χ2v) is 21.0. The van der Waals surface area contributed by atoms with E-state index >= 15 is 0 Å². The van der Waals surface area contributed by atoms with Crippen molar-refractivity contribution in [2.75, 3.05) is 0 Å². The Hall–Kier alpha value is 0.543. The molecule has 0 saturated carbocycles. The Balaban J connectivity index is 3.00. The molecule has 145 valence electrons. The van der Waals surface area contributed by atoms with E-state index in [4.69, 9.17) is 0 Å². The van der Waals surface area contributed by atoms with Crippen LogP contribution in [0.3, 0.4) is 0 Å². The first kappa shape index (κ1) is 24.5. The van der Waals surface area contributed by atoms with E-state index < -0.39 is 13.3 Å². The third kappa shape index (κ3) is 22.5. The SMILES string of the molecule is [CH2]CCCCCCCCCCCCCCCCCC[CH2][Ge]([CH3])([CH3])[CH3]. The number of unbranched alkanes of at least 4 members (excludes halogenated alkanes) is 17. The minimum absolute atomic E-state index is 1.12. The van der Waals surface area contributed by atoms with Gasteiger partial charge in [-0.3, -0.25) is 0 Å². The fourth-order valence-corrected chi connectivity index (χ4v) is 6.23. The molecule has 0 aliphatic rings. The molecule has 0 aromatic carbocycles. The quantitative estimate of drug-likeness (QED) is 0.150. The van der Waals surface area contributed by atoms with Gasteiger partial charge in [0.1, 0.15) is 0 Å². The molecule has 1 radical (unpaired) electrons. The summed E-state index contributed by atoms with van der Waals surface area (Å²) in [7, 11) is 0. The van der Waals surface area contributed by atoms with E-state index in [1.54, 1.807) is 5.25 Å². The molecule has 0 aliphatic heterocycles. The Morgan fingerprint density at radius 3 is 0.917 bits per heavy atom. The van der Waals surface area contributed by atoms with Crippen molar-refractivity contribution in [2.45, 2.75) is 138 Å². The standard InChI is InChI=1S/C23H49Ge/c1-5-6-7-8-9-10-11-12-13-14-15-16-17-18-19-20-21-22-23-24(2,3)4/h1,5-23H2,2-4H3. The van der Waals surface area contributed by atoms with E-state index in [1.165, 1.54) is 109 Å². The topological polar surface area (TPSA) is 0 Å². The van der Waals surface area contributed by atoms with Crippen molar-refractivity contribution in [1.82, 2.24) is 0 Å². The predicted octanol–water partition coefficient (Wildman–Crippen LogP) is 9.18. The maximum absolute atomic E-state index is 3.91. The summed E-state index contributed by atoms with van der Waals surface area (Å²) in [6.07, 6.45) is 26.1. The Kier molecular flexibility index (Phi) is 18.8. The average Bonchev–Trinajstić information content (AvgIpc) is 2.52. The van der Waals surface area contributed by atoms with Crippen molar-refractivity contribution < 1.29 is 0 Å². The summed E-state index contributed by atoms with van der Waals surface area (Å²) < 4.78 is 0. The van der Waals surface area contributed by atoms with Crippen LogP contribution in [0.15, 0.2) is 0 Å². The van der Waals surface area contributed by atoms with Gasteiger partial charge in [0.25, 0.3) is 0 Å². The van der Waals surface area contributed by atoms with Gasteiger partial charge in [0.2, 0.25) is 0 Å². The monoisotopic (exact) mass is 399 g/mol. The van der Waals surface area contributed by atoms with Crippen LogP contribution in [-0.2, 0) is 0 Å². The summed E-state index contributed by atoms with van der Waals surface area (Å²) in [4.78, 5) is 0. The molecule has 0 aromatic rings. The van der Waals surface area contributed by atoms with Gasteiger partial charge in [-0.05, 0) is 0 Å². The molecule has 0 aliphatic carbocycles. The van der Waals surface area contributed by atoms with Gasteiger partial charge in [0, 0.05) is 0 Å². The van der Waals surface area contributed by atoms with Gasteiger partial charge in [-0.15, -0.1) is 0 Å². The third-order valence-electron chi connectivity index (χ3n) is 5.18. The predicted molar refractivity (Wildman–Crippen MR) is 117 cm³/mol. The zero-order valence-corrected chi connectivity index (χ0v) is 19.7. The molecule has 0 nitrogen and oxygen atoms in total. The average molecular weight is 398 g/mol. The zero-order valence-electron chi connectivity index (χ0n) is 17.6. The Morgan fingerprint density at radius 1 is 0.417 bits per heavy atom.